The average Bonchev–Trinajstić information content (AvgIpc) is 2.99. The van der Waals surface area contributed by atoms with Gasteiger partial charge in [0.25, 0.3) is 5.91 Å². The maximum absolute atomic E-state index is 12.9. The van der Waals surface area contributed by atoms with Gasteiger partial charge in [0, 0.05) is 43.5 Å². The Morgan fingerprint density at radius 2 is 2.04 bits per heavy atom. The predicted octanol–water partition coefficient (Wildman–Crippen LogP) is 3.99. The number of aromatic nitrogens is 2. The zero-order valence-corrected chi connectivity index (χ0v) is 16.5. The number of fused-ring (bicyclic) bond motifs is 1. The Hall–Kier alpha value is -2.27. The van der Waals surface area contributed by atoms with Crippen molar-refractivity contribution < 1.29 is 4.79 Å². The number of anilines is 1. The van der Waals surface area contributed by atoms with E-state index in [-0.39, 0.29) is 11.8 Å². The molecule has 1 aliphatic heterocycles. The van der Waals surface area contributed by atoms with Crippen LogP contribution in [0.2, 0.25) is 0 Å². The van der Waals surface area contributed by atoms with Crippen molar-refractivity contribution in [1.29, 1.82) is 0 Å². The highest BCUT2D eigenvalue weighted by Gasteiger charge is 2.27. The normalized spacial score (nSPS) is 16.0. The van der Waals surface area contributed by atoms with E-state index < -0.39 is 0 Å². The van der Waals surface area contributed by atoms with Crippen LogP contribution in [0.25, 0.3) is 6.20 Å². The highest BCUT2D eigenvalue weighted by atomic mass is 35.5. The topological polar surface area (TPSA) is 50.2 Å². The number of nitrogens with one attached hydrogen (secondary N) is 1. The van der Waals surface area contributed by atoms with Gasteiger partial charge in [-0.25, -0.2) is 4.98 Å². The molecule has 0 radical (unpaired) electrons. The number of carbonyl (C=O) groups is 1. The number of allylic oxidation sites excluding steroid dienone is 1. The summed E-state index contributed by atoms with van der Waals surface area (Å²) in [5.74, 6) is 0.997. The number of halogens is 1. The summed E-state index contributed by atoms with van der Waals surface area (Å²) >= 11 is 6.26. The summed E-state index contributed by atoms with van der Waals surface area (Å²) in [6.07, 6.45) is 3.29. The number of rotatable bonds is 5. The molecule has 1 atom stereocenters. The first-order valence-corrected chi connectivity index (χ1v) is 9.30. The lowest BCUT2D eigenvalue weighted by molar-refractivity contribution is 0.0943. The van der Waals surface area contributed by atoms with Gasteiger partial charge < -0.3 is 10.2 Å². The van der Waals surface area contributed by atoms with Crippen LogP contribution in [0.1, 0.15) is 53.8 Å². The largest absolute Gasteiger partial charge is 0.378 e. The molecule has 1 amide bonds. The Kier molecular flexibility index (Phi) is 5.37. The number of benzene rings is 1. The first kappa shape index (κ1) is 18.5. The Labute approximate surface area is 159 Å². The van der Waals surface area contributed by atoms with E-state index in [1.165, 1.54) is 0 Å². The minimum atomic E-state index is -0.118. The highest BCUT2D eigenvalue weighted by Crippen LogP contribution is 2.32. The minimum Gasteiger partial charge on any atom is -0.378 e. The van der Waals surface area contributed by atoms with E-state index >= 15 is 0 Å². The molecule has 1 unspecified atom stereocenters. The molecule has 0 aliphatic carbocycles. The fraction of sp³-hybridized carbons (Fsp3) is 0.400. The maximum Gasteiger partial charge on any atom is 0.270 e. The average molecular weight is 373 g/mol. The number of hydrogen-bond donors (Lipinski definition) is 1. The zero-order valence-electron chi connectivity index (χ0n) is 15.7. The summed E-state index contributed by atoms with van der Waals surface area (Å²) < 4.78 is 1.86. The second kappa shape index (κ2) is 7.54. The molecule has 3 rings (SSSR count). The van der Waals surface area contributed by atoms with Gasteiger partial charge in [0.2, 0.25) is 0 Å². The molecule has 1 N–H and O–H groups in total. The molecule has 2 aromatic rings. The summed E-state index contributed by atoms with van der Waals surface area (Å²) in [5.41, 5.74) is 3.60. The van der Waals surface area contributed by atoms with Gasteiger partial charge in [-0.2, -0.15) is 0 Å². The van der Waals surface area contributed by atoms with E-state index in [4.69, 9.17) is 11.6 Å². The first-order valence-electron chi connectivity index (χ1n) is 8.92. The second-order valence-corrected chi connectivity index (χ2v) is 7.40. The zero-order chi connectivity index (χ0) is 18.8. The molecule has 138 valence electrons. The van der Waals surface area contributed by atoms with Gasteiger partial charge >= 0.3 is 0 Å². The Morgan fingerprint density at radius 1 is 1.35 bits per heavy atom. The number of aryl methyl sites for hydroxylation is 1. The van der Waals surface area contributed by atoms with Crippen LogP contribution in [0.15, 0.2) is 29.3 Å². The van der Waals surface area contributed by atoms with E-state index in [0.29, 0.717) is 18.7 Å². The molecule has 26 heavy (non-hydrogen) atoms. The fourth-order valence-corrected chi connectivity index (χ4v) is 3.55. The summed E-state index contributed by atoms with van der Waals surface area (Å²) in [4.78, 5) is 19.6. The number of carbonyl (C=O) groups excluding carboxylic acids is 1. The standard InChI is InChI=1S/C20H25ClN4O/c1-5-17-18(25-12-15(21)10-13(2)19(25)23-17)20(26)22-11-14-6-8-16(9-7-14)24(3)4/h6-9,12-13H,5,10-11H2,1-4H3,(H,22,26). The number of amides is 1. The molecule has 0 bridgehead atoms. The summed E-state index contributed by atoms with van der Waals surface area (Å²) in [5, 5.41) is 3.77. The van der Waals surface area contributed by atoms with Crippen molar-refractivity contribution in [2.24, 2.45) is 0 Å². The molecule has 0 saturated heterocycles. The fourth-order valence-electron chi connectivity index (χ4n) is 3.22. The molecule has 2 heterocycles. The third-order valence-corrected chi connectivity index (χ3v) is 4.93. The van der Waals surface area contributed by atoms with Crippen LogP contribution in [0.5, 0.6) is 0 Å². The van der Waals surface area contributed by atoms with E-state index in [0.717, 1.165) is 34.2 Å². The first-order chi connectivity index (χ1) is 12.4. The molecule has 1 aromatic carbocycles. The van der Waals surface area contributed by atoms with Crippen molar-refractivity contribution in [3.8, 4) is 0 Å². The molecular weight excluding hydrogens is 348 g/mol. The maximum atomic E-state index is 12.9. The van der Waals surface area contributed by atoms with Gasteiger partial charge in [0.1, 0.15) is 11.5 Å². The van der Waals surface area contributed by atoms with Gasteiger partial charge in [-0.1, -0.05) is 37.6 Å². The molecular formula is C20H25ClN4O. The highest BCUT2D eigenvalue weighted by molar-refractivity contribution is 6.31. The summed E-state index contributed by atoms with van der Waals surface area (Å²) in [6, 6.07) is 8.15. The molecule has 1 aliphatic rings. The number of hydrogen-bond acceptors (Lipinski definition) is 3. The smallest absolute Gasteiger partial charge is 0.270 e. The van der Waals surface area contributed by atoms with Gasteiger partial charge in [-0.3, -0.25) is 9.36 Å². The molecule has 0 saturated carbocycles. The third-order valence-electron chi connectivity index (χ3n) is 4.68. The third kappa shape index (κ3) is 3.63. The Balaban J connectivity index is 1.80. The SMILES string of the molecule is CCc1nc2n(c1C(=O)NCc1ccc(N(C)C)cc1)C=C(Cl)CC2C. The van der Waals surface area contributed by atoms with E-state index in [9.17, 15) is 4.79 Å². The molecule has 5 nitrogen and oxygen atoms in total. The van der Waals surface area contributed by atoms with Crippen molar-refractivity contribution in [3.63, 3.8) is 0 Å². The van der Waals surface area contributed by atoms with Crippen molar-refractivity contribution in [2.45, 2.75) is 39.2 Å². The van der Waals surface area contributed by atoms with Gasteiger partial charge in [-0.05, 0) is 30.5 Å². The molecule has 0 spiro atoms. The van der Waals surface area contributed by atoms with Crippen molar-refractivity contribution in [2.75, 3.05) is 19.0 Å². The van der Waals surface area contributed by atoms with Crippen LogP contribution >= 0.6 is 11.6 Å². The van der Waals surface area contributed by atoms with Crippen molar-refractivity contribution in [1.82, 2.24) is 14.9 Å². The number of nitrogens with zero attached hydrogens (tertiary/aromatic N) is 3. The van der Waals surface area contributed by atoms with Gasteiger partial charge in [0.05, 0.1) is 5.69 Å². The van der Waals surface area contributed by atoms with Crippen LogP contribution < -0.4 is 10.2 Å². The van der Waals surface area contributed by atoms with Crippen LogP contribution in [-0.2, 0) is 13.0 Å². The van der Waals surface area contributed by atoms with Gasteiger partial charge in [-0.15, -0.1) is 0 Å². The molecule has 6 heteroatoms. The Bertz CT molecular complexity index is 836. The van der Waals surface area contributed by atoms with Crippen molar-refractivity contribution >= 4 is 29.4 Å². The Morgan fingerprint density at radius 3 is 2.65 bits per heavy atom. The van der Waals surface area contributed by atoms with Crippen LogP contribution in [0.4, 0.5) is 5.69 Å². The molecule has 1 aromatic heterocycles. The second-order valence-electron chi connectivity index (χ2n) is 6.91. The summed E-state index contributed by atoms with van der Waals surface area (Å²) in [6.45, 7) is 4.58. The van der Waals surface area contributed by atoms with Crippen molar-refractivity contribution in [3.05, 3.63) is 52.1 Å². The monoisotopic (exact) mass is 372 g/mol. The minimum absolute atomic E-state index is 0.118. The quantitative estimate of drug-likeness (QED) is 0.863. The van der Waals surface area contributed by atoms with Crippen LogP contribution in [0, 0.1) is 0 Å². The van der Waals surface area contributed by atoms with Crippen LogP contribution in [-0.4, -0.2) is 29.6 Å². The lowest BCUT2D eigenvalue weighted by atomic mass is 10.1. The van der Waals surface area contributed by atoms with Crippen LogP contribution in [0.3, 0.4) is 0 Å². The van der Waals surface area contributed by atoms with E-state index in [2.05, 4.69) is 17.2 Å². The number of imidazole rings is 1. The predicted molar refractivity (Wildman–Crippen MR) is 107 cm³/mol. The lowest BCUT2D eigenvalue weighted by Gasteiger charge is -2.18. The molecule has 0 fully saturated rings. The summed E-state index contributed by atoms with van der Waals surface area (Å²) in [7, 11) is 4.01. The van der Waals surface area contributed by atoms with Gasteiger partial charge in [0.15, 0.2) is 0 Å². The van der Waals surface area contributed by atoms with E-state index in [1.54, 1.807) is 0 Å². The van der Waals surface area contributed by atoms with E-state index in [1.807, 2.05) is 61.0 Å². The lowest BCUT2D eigenvalue weighted by Crippen LogP contribution is -2.26.